The highest BCUT2D eigenvalue weighted by Gasteiger charge is 2.37. The first-order chi connectivity index (χ1) is 18.4. The Morgan fingerprint density at radius 1 is 1.18 bits per heavy atom. The maximum absolute atomic E-state index is 14.0. The van der Waals surface area contributed by atoms with E-state index in [9.17, 15) is 26.4 Å². The third-order valence-corrected chi connectivity index (χ3v) is 8.98. The zero-order valence-corrected chi connectivity index (χ0v) is 22.8. The van der Waals surface area contributed by atoms with Crippen LogP contribution in [0.5, 0.6) is 0 Å². The minimum atomic E-state index is -4.81. The van der Waals surface area contributed by atoms with Gasteiger partial charge in [-0.25, -0.2) is 18.4 Å². The third kappa shape index (κ3) is 5.78. The molecule has 0 spiro atoms. The van der Waals surface area contributed by atoms with Crippen molar-refractivity contribution in [1.82, 2.24) is 20.2 Å². The summed E-state index contributed by atoms with van der Waals surface area (Å²) in [6.07, 6.45) is -2.41. The normalized spacial score (nSPS) is 16.2. The van der Waals surface area contributed by atoms with E-state index in [1.807, 2.05) is 19.1 Å². The zero-order valence-electron chi connectivity index (χ0n) is 21.2. The number of carbonyl (C=O) groups is 1. The number of sulfone groups is 1. The summed E-state index contributed by atoms with van der Waals surface area (Å²) in [5.74, 6) is -0.652. The molecule has 1 saturated heterocycles. The lowest BCUT2D eigenvalue weighted by molar-refractivity contribution is -0.137. The molecule has 0 saturated carbocycles. The summed E-state index contributed by atoms with van der Waals surface area (Å²) in [7, 11) is -3.94. The van der Waals surface area contributed by atoms with Crippen LogP contribution in [0.1, 0.15) is 31.9 Å². The first kappa shape index (κ1) is 27.5. The first-order valence-electron chi connectivity index (χ1n) is 12.2. The van der Waals surface area contributed by atoms with Gasteiger partial charge in [0.25, 0.3) is 5.91 Å². The lowest BCUT2D eigenvalue weighted by Crippen LogP contribution is -2.40. The number of aromatic nitrogens is 2. The van der Waals surface area contributed by atoms with Crippen LogP contribution in [0.4, 0.5) is 24.8 Å². The van der Waals surface area contributed by atoms with Crippen molar-refractivity contribution in [3.8, 4) is 10.6 Å². The molecule has 3 aromatic rings. The molecule has 208 valence electrons. The molecule has 39 heavy (non-hydrogen) atoms. The minimum Gasteiger partial charge on any atom is -0.378 e. The molecule has 2 aliphatic rings. The fourth-order valence-electron chi connectivity index (χ4n) is 4.57. The van der Waals surface area contributed by atoms with E-state index >= 15 is 0 Å². The van der Waals surface area contributed by atoms with Gasteiger partial charge in [-0.05, 0) is 48.7 Å². The number of thiophene rings is 1. The number of ether oxygens (including phenoxy) is 1. The van der Waals surface area contributed by atoms with Crippen LogP contribution in [-0.2, 0) is 33.7 Å². The smallest absolute Gasteiger partial charge is 0.378 e. The van der Waals surface area contributed by atoms with E-state index in [-0.39, 0.29) is 46.9 Å². The number of aryl methyl sites for hydroxylation is 1. The van der Waals surface area contributed by atoms with Crippen LogP contribution in [-0.4, -0.2) is 68.3 Å². The minimum absolute atomic E-state index is 0.0784. The van der Waals surface area contributed by atoms with Crippen LogP contribution in [0.2, 0.25) is 0 Å². The topological polar surface area (TPSA) is 114 Å². The SMILES string of the molecule is Cc1cc2c(cc1Nc1ncc(C(F)(F)F)c(-c3cc(S(C)(=O)=O)c(C(=O)N4CCOCC4)s3)n1)CCNC2. The lowest BCUT2D eigenvalue weighted by Gasteiger charge is -2.26. The van der Waals surface area contributed by atoms with Gasteiger partial charge >= 0.3 is 6.18 Å². The number of halogens is 3. The van der Waals surface area contributed by atoms with Crippen molar-refractivity contribution in [3.63, 3.8) is 0 Å². The number of benzene rings is 1. The highest BCUT2D eigenvalue weighted by Crippen LogP contribution is 2.41. The number of nitrogens with one attached hydrogen (secondary N) is 2. The number of hydrogen-bond acceptors (Lipinski definition) is 9. The van der Waals surface area contributed by atoms with E-state index in [4.69, 9.17) is 4.74 Å². The summed E-state index contributed by atoms with van der Waals surface area (Å²) in [6.45, 7) is 4.52. The molecule has 1 amide bonds. The maximum Gasteiger partial charge on any atom is 0.420 e. The van der Waals surface area contributed by atoms with Crippen molar-refractivity contribution in [2.24, 2.45) is 0 Å². The Kier molecular flexibility index (Phi) is 7.39. The fraction of sp³-hybridized carbons (Fsp3) is 0.400. The second kappa shape index (κ2) is 10.5. The summed E-state index contributed by atoms with van der Waals surface area (Å²) < 4.78 is 72.5. The highest BCUT2D eigenvalue weighted by atomic mass is 32.2. The molecule has 0 atom stereocenters. The molecule has 0 bridgehead atoms. The fourth-order valence-corrected chi connectivity index (χ4v) is 7.01. The Hall–Kier alpha value is -3.07. The van der Waals surface area contributed by atoms with Crippen molar-refractivity contribution in [2.75, 3.05) is 44.4 Å². The van der Waals surface area contributed by atoms with Gasteiger partial charge in [0.1, 0.15) is 10.4 Å². The van der Waals surface area contributed by atoms with Gasteiger partial charge in [-0.3, -0.25) is 4.79 Å². The first-order valence-corrected chi connectivity index (χ1v) is 14.9. The van der Waals surface area contributed by atoms with Crippen LogP contribution >= 0.6 is 11.3 Å². The molecule has 2 aliphatic heterocycles. The second-order valence-electron chi connectivity index (χ2n) is 9.42. The summed E-state index contributed by atoms with van der Waals surface area (Å²) in [4.78, 5) is 22.1. The number of rotatable bonds is 5. The summed E-state index contributed by atoms with van der Waals surface area (Å²) in [6, 6.07) is 5.04. The van der Waals surface area contributed by atoms with Crippen molar-refractivity contribution in [2.45, 2.75) is 31.0 Å². The summed E-state index contributed by atoms with van der Waals surface area (Å²) in [5.41, 5.74) is 2.17. The molecule has 14 heteroatoms. The van der Waals surface area contributed by atoms with Crippen LogP contribution < -0.4 is 10.6 Å². The van der Waals surface area contributed by atoms with Gasteiger partial charge in [0.15, 0.2) is 9.84 Å². The molecule has 1 fully saturated rings. The molecule has 0 aliphatic carbocycles. The van der Waals surface area contributed by atoms with E-state index in [1.54, 1.807) is 0 Å². The zero-order chi connectivity index (χ0) is 27.9. The molecule has 9 nitrogen and oxygen atoms in total. The Morgan fingerprint density at radius 2 is 1.92 bits per heavy atom. The molecule has 0 unspecified atom stereocenters. The number of carbonyl (C=O) groups excluding carboxylic acids is 1. The number of alkyl halides is 3. The summed E-state index contributed by atoms with van der Waals surface area (Å²) >= 11 is 0.672. The van der Waals surface area contributed by atoms with Crippen molar-refractivity contribution in [3.05, 3.63) is 51.5 Å². The number of hydrogen-bond donors (Lipinski definition) is 2. The quantitative estimate of drug-likeness (QED) is 0.468. The maximum atomic E-state index is 14.0. The summed E-state index contributed by atoms with van der Waals surface area (Å²) in [5, 5.41) is 6.33. The third-order valence-electron chi connectivity index (χ3n) is 6.60. The second-order valence-corrected chi connectivity index (χ2v) is 12.5. The lowest BCUT2D eigenvalue weighted by atomic mass is 9.97. The number of amides is 1. The monoisotopic (exact) mass is 581 g/mol. The van der Waals surface area contributed by atoms with Crippen molar-refractivity contribution < 1.29 is 31.1 Å². The molecule has 5 rings (SSSR count). The molecule has 4 heterocycles. The molecule has 0 radical (unpaired) electrons. The molecular weight excluding hydrogens is 555 g/mol. The molecular formula is C25H26F3N5O4S2. The van der Waals surface area contributed by atoms with Gasteiger partial charge in [0.2, 0.25) is 5.95 Å². The van der Waals surface area contributed by atoms with Crippen LogP contribution in [0, 0.1) is 6.92 Å². The van der Waals surface area contributed by atoms with E-state index in [2.05, 4.69) is 20.6 Å². The van der Waals surface area contributed by atoms with Gasteiger partial charge in [-0.2, -0.15) is 13.2 Å². The Bertz CT molecular complexity index is 1530. The number of anilines is 2. The molecule has 2 aromatic heterocycles. The largest absolute Gasteiger partial charge is 0.420 e. The number of fused-ring (bicyclic) bond motifs is 1. The predicted molar refractivity (Wildman–Crippen MR) is 140 cm³/mol. The van der Waals surface area contributed by atoms with Gasteiger partial charge in [0, 0.05) is 37.8 Å². The van der Waals surface area contributed by atoms with E-state index in [1.165, 1.54) is 4.90 Å². The highest BCUT2D eigenvalue weighted by molar-refractivity contribution is 7.91. The van der Waals surface area contributed by atoms with Gasteiger partial charge in [-0.15, -0.1) is 11.3 Å². The molecule has 2 N–H and O–H groups in total. The predicted octanol–water partition coefficient (Wildman–Crippen LogP) is 3.80. The Morgan fingerprint density at radius 3 is 2.62 bits per heavy atom. The average molecular weight is 582 g/mol. The van der Waals surface area contributed by atoms with Gasteiger partial charge < -0.3 is 20.3 Å². The standard InChI is InChI=1S/C25H26F3N5O4S2/c1-14-9-16-12-29-4-3-15(16)10-18(14)31-24-30-13-17(25(26,27)28)21(32-24)19-11-20(39(2,35)36)22(38-19)23(34)33-5-7-37-8-6-33/h9-11,13,29H,3-8,12H2,1-2H3,(H,30,31,32). The number of morpholine rings is 1. The van der Waals surface area contributed by atoms with Crippen LogP contribution in [0.3, 0.4) is 0 Å². The van der Waals surface area contributed by atoms with Crippen LogP contribution in [0.15, 0.2) is 29.3 Å². The van der Waals surface area contributed by atoms with Crippen molar-refractivity contribution in [1.29, 1.82) is 0 Å². The van der Waals surface area contributed by atoms with Gasteiger partial charge in [-0.1, -0.05) is 6.07 Å². The van der Waals surface area contributed by atoms with E-state index in [0.717, 1.165) is 48.5 Å². The van der Waals surface area contributed by atoms with Gasteiger partial charge in [0.05, 0.1) is 28.7 Å². The number of nitrogens with zero attached hydrogens (tertiary/aromatic N) is 3. The van der Waals surface area contributed by atoms with E-state index < -0.39 is 33.2 Å². The average Bonchev–Trinajstić information content (AvgIpc) is 3.35. The Labute approximate surface area is 227 Å². The van der Waals surface area contributed by atoms with Crippen LogP contribution in [0.25, 0.3) is 10.6 Å². The van der Waals surface area contributed by atoms with E-state index in [0.29, 0.717) is 23.2 Å². The Balaban J connectivity index is 1.58. The van der Waals surface area contributed by atoms with Crippen molar-refractivity contribution >= 4 is 38.7 Å². The molecule has 1 aromatic carbocycles.